The van der Waals surface area contributed by atoms with Crippen molar-refractivity contribution in [2.45, 2.75) is 25.1 Å². The van der Waals surface area contributed by atoms with Crippen LogP contribution in [-0.2, 0) is 4.79 Å². The van der Waals surface area contributed by atoms with E-state index in [2.05, 4.69) is 10.9 Å². The van der Waals surface area contributed by atoms with Gasteiger partial charge in [0.2, 0.25) is 5.91 Å². The molecule has 2 amide bonds. The summed E-state index contributed by atoms with van der Waals surface area (Å²) in [6.45, 7) is -1.67. The summed E-state index contributed by atoms with van der Waals surface area (Å²) in [5.74, 6) is 1.96. The summed E-state index contributed by atoms with van der Waals surface area (Å²) < 4.78 is 49.5. The zero-order chi connectivity index (χ0) is 23.5. The number of likely N-dealkylation sites (tertiary alicyclic amines) is 1. The number of nitrogens with zero attached hydrogens (tertiary/aromatic N) is 3. The van der Waals surface area contributed by atoms with Crippen LogP contribution in [0.4, 0.5) is 18.9 Å². The second kappa shape index (κ2) is 9.48. The molecule has 0 aliphatic carbocycles. The van der Waals surface area contributed by atoms with Crippen LogP contribution in [0.5, 0.6) is 11.5 Å². The molecule has 0 N–H and O–H groups in total. The number of ether oxygens (including phenoxy) is 2. The zero-order valence-electron chi connectivity index (χ0n) is 17.3. The first-order valence-electron chi connectivity index (χ1n) is 9.48. The van der Waals surface area contributed by atoms with Gasteiger partial charge >= 0.3 is 6.18 Å². The molecule has 2 aromatic rings. The van der Waals surface area contributed by atoms with Crippen LogP contribution in [0.25, 0.3) is 0 Å². The van der Waals surface area contributed by atoms with Crippen LogP contribution in [0.15, 0.2) is 23.6 Å². The van der Waals surface area contributed by atoms with Crippen LogP contribution in [0.2, 0.25) is 0 Å². The highest BCUT2D eigenvalue weighted by atomic mass is 32.1. The fourth-order valence-electron chi connectivity index (χ4n) is 3.46. The number of thiazole rings is 1. The third-order valence-electron chi connectivity index (χ3n) is 4.89. The molecule has 1 atom stereocenters. The molecule has 7 nitrogen and oxygen atoms in total. The number of halogens is 3. The molecule has 0 unspecified atom stereocenters. The molecule has 0 saturated carbocycles. The Labute approximate surface area is 186 Å². The van der Waals surface area contributed by atoms with E-state index in [9.17, 15) is 22.8 Å². The molecular weight excluding hydrogens is 447 g/mol. The maximum atomic E-state index is 13.4. The average molecular weight is 467 g/mol. The van der Waals surface area contributed by atoms with Crippen molar-refractivity contribution in [1.82, 2.24) is 9.88 Å². The predicted octanol–water partition coefficient (Wildman–Crippen LogP) is 3.34. The topological polar surface area (TPSA) is 72.0 Å². The summed E-state index contributed by atoms with van der Waals surface area (Å²) in [5, 5.41) is 1.79. The molecule has 2 heterocycles. The number of anilines is 1. The maximum Gasteiger partial charge on any atom is 0.406 e. The Kier molecular flexibility index (Phi) is 6.93. The van der Waals surface area contributed by atoms with Crippen molar-refractivity contribution in [2.24, 2.45) is 0 Å². The van der Waals surface area contributed by atoms with Crippen LogP contribution in [0.1, 0.15) is 28.3 Å². The van der Waals surface area contributed by atoms with Gasteiger partial charge in [-0.1, -0.05) is 0 Å². The lowest BCUT2D eigenvalue weighted by Crippen LogP contribution is -2.54. The third kappa shape index (κ3) is 5.31. The first kappa shape index (κ1) is 23.4. The highest BCUT2D eigenvalue weighted by Gasteiger charge is 2.39. The lowest BCUT2D eigenvalue weighted by Gasteiger charge is -2.39. The largest absolute Gasteiger partial charge is 0.497 e. The minimum Gasteiger partial charge on any atom is -0.497 e. The van der Waals surface area contributed by atoms with Gasteiger partial charge < -0.3 is 19.3 Å². The number of piperidine rings is 1. The van der Waals surface area contributed by atoms with Crippen molar-refractivity contribution in [2.75, 3.05) is 32.2 Å². The molecule has 1 saturated heterocycles. The van der Waals surface area contributed by atoms with Gasteiger partial charge in [-0.15, -0.1) is 17.8 Å². The highest BCUT2D eigenvalue weighted by Crippen LogP contribution is 2.33. The minimum absolute atomic E-state index is 0.0593. The summed E-state index contributed by atoms with van der Waals surface area (Å²) in [7, 11) is 2.88. The van der Waals surface area contributed by atoms with Crippen molar-refractivity contribution in [3.63, 3.8) is 0 Å². The Hall–Kier alpha value is -3.26. The molecule has 3 rings (SSSR count). The fraction of sp³-hybridized carbons (Fsp3) is 0.381. The number of terminal acetylenes is 1. The molecule has 1 aliphatic heterocycles. The molecule has 11 heteroatoms. The fourth-order valence-corrected chi connectivity index (χ4v) is 4.06. The van der Waals surface area contributed by atoms with E-state index in [4.69, 9.17) is 15.9 Å². The molecule has 32 heavy (non-hydrogen) atoms. The summed E-state index contributed by atoms with van der Waals surface area (Å²) in [4.78, 5) is 31.7. The number of carbonyl (C=O) groups is 2. The van der Waals surface area contributed by atoms with Crippen LogP contribution >= 0.6 is 11.3 Å². The number of aromatic nitrogens is 1. The molecule has 1 fully saturated rings. The van der Waals surface area contributed by atoms with Gasteiger partial charge in [-0.3, -0.25) is 9.59 Å². The number of alkyl halides is 3. The Morgan fingerprint density at radius 1 is 1.31 bits per heavy atom. The van der Waals surface area contributed by atoms with E-state index in [1.54, 1.807) is 18.2 Å². The van der Waals surface area contributed by atoms with Gasteiger partial charge in [0.25, 0.3) is 5.91 Å². The lowest BCUT2D eigenvalue weighted by atomic mass is 10.0. The summed E-state index contributed by atoms with van der Waals surface area (Å²) in [5.41, 5.74) is 0.400. The second-order valence-electron chi connectivity index (χ2n) is 7.01. The third-order valence-corrected chi connectivity index (χ3v) is 5.66. The van der Waals surface area contributed by atoms with Crippen molar-refractivity contribution in [3.8, 4) is 23.8 Å². The van der Waals surface area contributed by atoms with E-state index >= 15 is 0 Å². The molecule has 1 aromatic heterocycles. The van der Waals surface area contributed by atoms with E-state index < -0.39 is 30.6 Å². The van der Waals surface area contributed by atoms with Gasteiger partial charge in [-0.2, -0.15) is 13.2 Å². The normalized spacial score (nSPS) is 16.4. The van der Waals surface area contributed by atoms with E-state index in [0.29, 0.717) is 22.2 Å². The molecule has 1 aromatic carbocycles. The molecule has 0 bridgehead atoms. The van der Waals surface area contributed by atoms with E-state index in [0.717, 1.165) is 16.2 Å². The monoisotopic (exact) mass is 467 g/mol. The van der Waals surface area contributed by atoms with Gasteiger partial charge in [0.15, 0.2) is 5.01 Å². The number of hydrogen-bond donors (Lipinski definition) is 0. The Bertz CT molecular complexity index is 1030. The Morgan fingerprint density at radius 2 is 1.97 bits per heavy atom. The summed E-state index contributed by atoms with van der Waals surface area (Å²) >= 11 is 1.10. The first-order valence-corrected chi connectivity index (χ1v) is 10.4. The maximum absolute atomic E-state index is 13.4. The standard InChI is InChI=1S/C21H20F3N3O4S/c1-4-18-25-17(11-32-18)20(29)27(14-7-15(30-2)9-16(8-14)31-3)13-5-6-19(28)26(10-13)12-21(22,23)24/h1,7-9,11,13H,5-6,10,12H2,2-3H3/t13-/m1/s1. The number of benzene rings is 1. The molecule has 0 spiro atoms. The average Bonchev–Trinajstić information content (AvgIpc) is 3.24. The van der Waals surface area contributed by atoms with Gasteiger partial charge in [-0.05, 0) is 12.3 Å². The number of hydrogen-bond acceptors (Lipinski definition) is 6. The number of methoxy groups -OCH3 is 2. The number of carbonyl (C=O) groups excluding carboxylic acids is 2. The highest BCUT2D eigenvalue weighted by molar-refractivity contribution is 7.10. The van der Waals surface area contributed by atoms with Crippen molar-refractivity contribution in [3.05, 3.63) is 34.3 Å². The predicted molar refractivity (Wildman–Crippen MR) is 112 cm³/mol. The smallest absolute Gasteiger partial charge is 0.406 e. The SMILES string of the molecule is C#Cc1nc(C(=O)N(c2cc(OC)cc(OC)c2)[C@@H]2CCC(=O)N(CC(F)(F)F)C2)cs1. The summed E-state index contributed by atoms with van der Waals surface area (Å²) in [6, 6.07) is 4.01. The number of amides is 2. The zero-order valence-corrected chi connectivity index (χ0v) is 18.1. The molecule has 170 valence electrons. The van der Waals surface area contributed by atoms with Crippen LogP contribution < -0.4 is 14.4 Å². The van der Waals surface area contributed by atoms with Gasteiger partial charge in [0.1, 0.15) is 23.7 Å². The Balaban J connectivity index is 2.03. The van der Waals surface area contributed by atoms with E-state index in [1.807, 2.05) is 0 Å². The number of rotatable bonds is 6. The van der Waals surface area contributed by atoms with Gasteiger partial charge in [0.05, 0.1) is 25.9 Å². The summed E-state index contributed by atoms with van der Waals surface area (Å²) in [6.07, 6.45) is 0.856. The van der Waals surface area contributed by atoms with Gasteiger partial charge in [-0.25, -0.2) is 4.98 Å². The lowest BCUT2D eigenvalue weighted by molar-refractivity contribution is -0.163. The van der Waals surface area contributed by atoms with Gasteiger partial charge in [0, 0.05) is 36.5 Å². The van der Waals surface area contributed by atoms with Crippen LogP contribution in [0.3, 0.4) is 0 Å². The minimum atomic E-state index is -4.55. The molecule has 1 aliphatic rings. The molecule has 0 radical (unpaired) electrons. The Morgan fingerprint density at radius 3 is 2.50 bits per heavy atom. The van der Waals surface area contributed by atoms with Crippen LogP contribution in [0, 0.1) is 12.3 Å². The molecular formula is C21H20F3N3O4S. The first-order chi connectivity index (χ1) is 15.1. The quantitative estimate of drug-likeness (QED) is 0.610. The van der Waals surface area contributed by atoms with E-state index in [-0.39, 0.29) is 25.1 Å². The van der Waals surface area contributed by atoms with Crippen LogP contribution in [-0.4, -0.2) is 61.2 Å². The van der Waals surface area contributed by atoms with Crippen molar-refractivity contribution >= 4 is 28.8 Å². The van der Waals surface area contributed by atoms with E-state index in [1.165, 1.54) is 24.5 Å². The second-order valence-corrected chi connectivity index (χ2v) is 7.87. The van der Waals surface area contributed by atoms with Crippen molar-refractivity contribution < 1.29 is 32.2 Å². The van der Waals surface area contributed by atoms with Crippen molar-refractivity contribution in [1.29, 1.82) is 0 Å².